The van der Waals surface area contributed by atoms with Gasteiger partial charge in [-0.25, -0.2) is 9.97 Å². The third-order valence-corrected chi connectivity index (χ3v) is 4.51. The average molecular weight is 286 g/mol. The summed E-state index contributed by atoms with van der Waals surface area (Å²) in [5.41, 5.74) is 2.07. The normalized spacial score (nSPS) is 18.5. The molecule has 3 rings (SSSR count). The molecule has 0 radical (unpaired) electrons. The molecule has 0 aliphatic carbocycles. The van der Waals surface area contributed by atoms with Crippen LogP contribution in [0.4, 0.5) is 0 Å². The van der Waals surface area contributed by atoms with E-state index < -0.39 is 0 Å². The number of fused-ring (bicyclic) bond motifs is 1. The van der Waals surface area contributed by atoms with Crippen LogP contribution in [0.5, 0.6) is 0 Å². The number of likely N-dealkylation sites (tertiary alicyclic amines) is 1. The van der Waals surface area contributed by atoms with E-state index >= 15 is 0 Å². The number of hydrogen-bond donors (Lipinski definition) is 0. The molecule has 1 fully saturated rings. The Labute approximate surface area is 127 Å². The van der Waals surface area contributed by atoms with Crippen LogP contribution in [0.3, 0.4) is 0 Å². The second-order valence-electron chi connectivity index (χ2n) is 7.03. The molecule has 21 heavy (non-hydrogen) atoms. The SMILES string of the molecule is CCN1CCC(c2nc3cccnc3n2C(C)(C)C)CC1. The van der Waals surface area contributed by atoms with E-state index in [-0.39, 0.29) is 5.54 Å². The highest BCUT2D eigenvalue weighted by Crippen LogP contribution is 2.33. The minimum atomic E-state index is 0.0142. The maximum atomic E-state index is 4.94. The van der Waals surface area contributed by atoms with Crippen LogP contribution in [0.15, 0.2) is 18.3 Å². The van der Waals surface area contributed by atoms with Crippen molar-refractivity contribution in [1.29, 1.82) is 0 Å². The summed E-state index contributed by atoms with van der Waals surface area (Å²) in [6.45, 7) is 12.5. The minimum Gasteiger partial charge on any atom is -0.307 e. The standard InChI is InChI=1S/C17H26N4/c1-5-20-11-8-13(9-12-20)15-19-14-7-6-10-18-16(14)21(15)17(2,3)4/h6-7,10,13H,5,8-9,11-12H2,1-4H3. The zero-order valence-electron chi connectivity index (χ0n) is 13.6. The fraction of sp³-hybridized carbons (Fsp3) is 0.647. The van der Waals surface area contributed by atoms with Crippen molar-refractivity contribution >= 4 is 11.2 Å². The summed E-state index contributed by atoms with van der Waals surface area (Å²) in [5, 5.41) is 0. The first-order valence-corrected chi connectivity index (χ1v) is 8.07. The monoisotopic (exact) mass is 286 g/mol. The van der Waals surface area contributed by atoms with E-state index in [9.17, 15) is 0 Å². The lowest BCUT2D eigenvalue weighted by atomic mass is 9.95. The summed E-state index contributed by atoms with van der Waals surface area (Å²) in [6, 6.07) is 4.06. The lowest BCUT2D eigenvalue weighted by Gasteiger charge is -2.33. The Bertz CT molecular complexity index is 615. The van der Waals surface area contributed by atoms with Crippen LogP contribution < -0.4 is 0 Å². The van der Waals surface area contributed by atoms with Gasteiger partial charge in [-0.05, 0) is 65.4 Å². The second-order valence-corrected chi connectivity index (χ2v) is 7.03. The molecule has 1 saturated heterocycles. The second kappa shape index (κ2) is 5.41. The van der Waals surface area contributed by atoms with Crippen molar-refractivity contribution in [2.45, 2.75) is 52.0 Å². The number of piperidine rings is 1. The van der Waals surface area contributed by atoms with Gasteiger partial charge in [-0.1, -0.05) is 6.92 Å². The molecule has 0 N–H and O–H groups in total. The molecular weight excluding hydrogens is 260 g/mol. The highest BCUT2D eigenvalue weighted by atomic mass is 15.2. The molecule has 1 aliphatic rings. The van der Waals surface area contributed by atoms with Crippen molar-refractivity contribution in [2.24, 2.45) is 0 Å². The molecule has 4 nitrogen and oxygen atoms in total. The molecule has 1 aliphatic heterocycles. The predicted molar refractivity (Wildman–Crippen MR) is 86.6 cm³/mol. The van der Waals surface area contributed by atoms with Crippen molar-refractivity contribution in [2.75, 3.05) is 19.6 Å². The number of imidazole rings is 1. The lowest BCUT2D eigenvalue weighted by molar-refractivity contribution is 0.213. The topological polar surface area (TPSA) is 34.0 Å². The summed E-state index contributed by atoms with van der Waals surface area (Å²) >= 11 is 0. The zero-order valence-corrected chi connectivity index (χ0v) is 13.6. The lowest BCUT2D eigenvalue weighted by Crippen LogP contribution is -2.34. The van der Waals surface area contributed by atoms with Crippen molar-refractivity contribution in [1.82, 2.24) is 19.4 Å². The van der Waals surface area contributed by atoms with Gasteiger partial charge in [0.1, 0.15) is 11.3 Å². The van der Waals surface area contributed by atoms with E-state index in [1.54, 1.807) is 0 Å². The first kappa shape index (κ1) is 14.5. The molecule has 0 aromatic carbocycles. The Balaban J connectivity index is 2.02. The van der Waals surface area contributed by atoms with Crippen LogP contribution in [0.25, 0.3) is 11.2 Å². The quantitative estimate of drug-likeness (QED) is 0.848. The molecule has 4 heteroatoms. The zero-order chi connectivity index (χ0) is 15.0. The fourth-order valence-electron chi connectivity index (χ4n) is 3.37. The van der Waals surface area contributed by atoms with E-state index in [1.165, 1.54) is 31.8 Å². The molecule has 0 saturated carbocycles. The average Bonchev–Trinajstić information content (AvgIpc) is 2.86. The van der Waals surface area contributed by atoms with Crippen LogP contribution in [-0.2, 0) is 5.54 Å². The van der Waals surface area contributed by atoms with Gasteiger partial charge < -0.3 is 9.47 Å². The smallest absolute Gasteiger partial charge is 0.160 e. The van der Waals surface area contributed by atoms with Crippen LogP contribution in [0.2, 0.25) is 0 Å². The molecule has 0 unspecified atom stereocenters. The Hall–Kier alpha value is -1.42. The molecule has 0 bridgehead atoms. The molecule has 0 spiro atoms. The van der Waals surface area contributed by atoms with Gasteiger partial charge in [-0.3, -0.25) is 0 Å². The number of nitrogens with zero attached hydrogens (tertiary/aromatic N) is 4. The highest BCUT2D eigenvalue weighted by Gasteiger charge is 2.29. The summed E-state index contributed by atoms with van der Waals surface area (Å²) in [6.07, 6.45) is 4.27. The van der Waals surface area contributed by atoms with Crippen molar-refractivity contribution in [3.8, 4) is 0 Å². The number of pyridine rings is 1. The molecule has 2 aromatic rings. The molecule has 2 aromatic heterocycles. The molecular formula is C17H26N4. The highest BCUT2D eigenvalue weighted by molar-refractivity contribution is 5.71. The van der Waals surface area contributed by atoms with E-state index in [0.717, 1.165) is 17.7 Å². The van der Waals surface area contributed by atoms with Crippen LogP contribution in [0.1, 0.15) is 52.3 Å². The summed E-state index contributed by atoms with van der Waals surface area (Å²) in [7, 11) is 0. The largest absolute Gasteiger partial charge is 0.307 e. The summed E-state index contributed by atoms with van der Waals surface area (Å²) in [4.78, 5) is 12.0. The third kappa shape index (κ3) is 2.69. The van der Waals surface area contributed by atoms with Crippen molar-refractivity contribution in [3.63, 3.8) is 0 Å². The summed E-state index contributed by atoms with van der Waals surface area (Å²) < 4.78 is 2.36. The van der Waals surface area contributed by atoms with E-state index in [4.69, 9.17) is 4.98 Å². The number of rotatable bonds is 2. The van der Waals surface area contributed by atoms with Crippen LogP contribution >= 0.6 is 0 Å². The van der Waals surface area contributed by atoms with E-state index in [0.29, 0.717) is 5.92 Å². The molecule has 3 heterocycles. The molecule has 0 amide bonds. The van der Waals surface area contributed by atoms with Gasteiger partial charge in [0.2, 0.25) is 0 Å². The molecule has 114 valence electrons. The Morgan fingerprint density at radius 2 is 1.95 bits per heavy atom. The van der Waals surface area contributed by atoms with Crippen LogP contribution in [0, 0.1) is 0 Å². The van der Waals surface area contributed by atoms with Crippen molar-refractivity contribution < 1.29 is 0 Å². The van der Waals surface area contributed by atoms with Crippen LogP contribution in [-0.4, -0.2) is 39.1 Å². The summed E-state index contributed by atoms with van der Waals surface area (Å²) in [5.74, 6) is 1.79. The minimum absolute atomic E-state index is 0.0142. The number of aromatic nitrogens is 3. The van der Waals surface area contributed by atoms with Crippen molar-refractivity contribution in [3.05, 3.63) is 24.2 Å². The Morgan fingerprint density at radius 1 is 1.24 bits per heavy atom. The first-order valence-electron chi connectivity index (χ1n) is 8.07. The fourth-order valence-corrected chi connectivity index (χ4v) is 3.37. The van der Waals surface area contributed by atoms with Gasteiger partial charge in [-0.2, -0.15) is 0 Å². The maximum absolute atomic E-state index is 4.94. The van der Waals surface area contributed by atoms with E-state index in [1.807, 2.05) is 12.3 Å². The van der Waals surface area contributed by atoms with Gasteiger partial charge in [-0.15, -0.1) is 0 Å². The Kier molecular flexibility index (Phi) is 3.74. The van der Waals surface area contributed by atoms with Gasteiger partial charge in [0.15, 0.2) is 5.65 Å². The maximum Gasteiger partial charge on any atom is 0.160 e. The van der Waals surface area contributed by atoms with Gasteiger partial charge in [0.25, 0.3) is 0 Å². The van der Waals surface area contributed by atoms with Gasteiger partial charge in [0, 0.05) is 17.7 Å². The van der Waals surface area contributed by atoms with E-state index in [2.05, 4.69) is 48.2 Å². The third-order valence-electron chi connectivity index (χ3n) is 4.51. The molecule has 0 atom stereocenters. The van der Waals surface area contributed by atoms with Gasteiger partial charge in [0.05, 0.1) is 0 Å². The van der Waals surface area contributed by atoms with Gasteiger partial charge >= 0.3 is 0 Å². The number of hydrogen-bond acceptors (Lipinski definition) is 3. The Morgan fingerprint density at radius 3 is 2.57 bits per heavy atom. The first-order chi connectivity index (χ1) is 10.0. The predicted octanol–water partition coefficient (Wildman–Crippen LogP) is 3.39.